The van der Waals surface area contributed by atoms with Gasteiger partial charge in [0.25, 0.3) is 0 Å². The molecule has 152 valence electrons. The molecule has 30 heavy (non-hydrogen) atoms. The maximum atomic E-state index is 10.4. The van der Waals surface area contributed by atoms with Gasteiger partial charge in [-0.2, -0.15) is 0 Å². The van der Waals surface area contributed by atoms with Crippen molar-refractivity contribution in [2.24, 2.45) is 5.73 Å². The number of amides is 1. The van der Waals surface area contributed by atoms with E-state index < -0.39 is 5.91 Å². The van der Waals surface area contributed by atoms with E-state index in [0.29, 0.717) is 26.0 Å². The Kier molecular flexibility index (Phi) is 6.51. The highest BCUT2D eigenvalue weighted by Gasteiger charge is 1.99. The van der Waals surface area contributed by atoms with Crippen molar-refractivity contribution in [3.8, 4) is 0 Å². The van der Waals surface area contributed by atoms with E-state index in [0.717, 1.165) is 11.2 Å². The van der Waals surface area contributed by atoms with E-state index in [1.165, 1.54) is 18.9 Å². The van der Waals surface area contributed by atoms with Crippen molar-refractivity contribution in [2.75, 3.05) is 5.73 Å². The molecule has 0 aromatic carbocycles. The van der Waals surface area contributed by atoms with Gasteiger partial charge in [-0.1, -0.05) is 24.4 Å². The minimum Gasteiger partial charge on any atom is -0.369 e. The second-order valence-electron chi connectivity index (χ2n) is 5.49. The number of nitrogens with zero attached hydrogens (tertiary/aromatic N) is 5. The van der Waals surface area contributed by atoms with E-state index in [-0.39, 0.29) is 5.95 Å². The van der Waals surface area contributed by atoms with Gasteiger partial charge in [0.2, 0.25) is 11.9 Å². The molecule has 0 unspecified atom stereocenters. The Hall–Kier alpha value is -4.04. The zero-order valence-corrected chi connectivity index (χ0v) is 16.8. The largest absolute Gasteiger partial charge is 0.369 e. The summed E-state index contributed by atoms with van der Waals surface area (Å²) in [7, 11) is 0. The molecule has 0 saturated heterocycles. The highest BCUT2D eigenvalue weighted by atomic mass is 32.1. The minimum absolute atomic E-state index is 0.287. The van der Waals surface area contributed by atoms with Crippen molar-refractivity contribution in [2.45, 2.75) is 0 Å². The monoisotopic (exact) mass is 441 g/mol. The fraction of sp³-hybridized carbons (Fsp3) is 0. The number of rotatable bonds is 1. The van der Waals surface area contributed by atoms with Gasteiger partial charge in [0.05, 0.1) is 24.5 Å². The molecule has 0 atom stereocenters. The van der Waals surface area contributed by atoms with Gasteiger partial charge in [-0.3, -0.25) is 9.78 Å². The van der Waals surface area contributed by atoms with Gasteiger partial charge in [-0.05, 0) is 12.1 Å². The van der Waals surface area contributed by atoms with Crippen LogP contribution in [0.4, 0.5) is 5.95 Å². The first-order valence-electron chi connectivity index (χ1n) is 8.21. The van der Waals surface area contributed by atoms with Gasteiger partial charge < -0.3 is 31.4 Å². The molecule has 5 rings (SSSR count). The summed E-state index contributed by atoms with van der Waals surface area (Å²) in [5.74, 6) is -0.155. The van der Waals surface area contributed by atoms with E-state index in [1.54, 1.807) is 24.7 Å². The van der Waals surface area contributed by atoms with Crippen LogP contribution < -0.4 is 11.5 Å². The number of hydrogen-bond donors (Lipinski definition) is 6. The second kappa shape index (κ2) is 9.44. The Labute approximate surface area is 178 Å². The van der Waals surface area contributed by atoms with Crippen LogP contribution in [0.3, 0.4) is 0 Å². The van der Waals surface area contributed by atoms with Gasteiger partial charge in [0, 0.05) is 12.4 Å². The molecule has 0 spiro atoms. The van der Waals surface area contributed by atoms with Crippen LogP contribution in [0.5, 0.6) is 0 Å². The van der Waals surface area contributed by atoms with Crippen LogP contribution in [-0.4, -0.2) is 50.8 Å². The van der Waals surface area contributed by atoms with Crippen molar-refractivity contribution in [3.05, 3.63) is 58.4 Å². The first-order valence-corrected chi connectivity index (χ1v) is 9.03. The summed E-state index contributed by atoms with van der Waals surface area (Å²) in [5.41, 5.74) is 13.7. The molecule has 0 aliphatic rings. The number of fused-ring (bicyclic) bond motifs is 2. The molecule has 14 heteroatoms. The smallest absolute Gasteiger partial charge is 0.250 e. The summed E-state index contributed by atoms with van der Waals surface area (Å²) in [4.78, 5) is 41.0. The van der Waals surface area contributed by atoms with Crippen LogP contribution in [0.15, 0.2) is 43.5 Å². The number of hydrogen-bond acceptors (Lipinski definition) is 9. The fourth-order valence-electron chi connectivity index (χ4n) is 2.16. The average Bonchev–Trinajstić information content (AvgIpc) is 3.40. The Balaban J connectivity index is 0.000000129. The van der Waals surface area contributed by atoms with Gasteiger partial charge in [0.15, 0.2) is 20.6 Å². The van der Waals surface area contributed by atoms with Crippen molar-refractivity contribution in [3.63, 3.8) is 0 Å². The number of pyridine rings is 1. The number of aromatic nitrogens is 9. The molecule has 5 heterocycles. The fourth-order valence-corrected chi connectivity index (χ4v) is 2.62. The SMILES string of the molecule is NC(=O)c1cccnc1.Nc1nc(=S)c2[nH]cnc2[nH]1.S=c1nc[nH]c2nc[nH]c12. The number of primary amides is 1. The number of H-pyrrole nitrogens is 4. The van der Waals surface area contributed by atoms with E-state index >= 15 is 0 Å². The predicted octanol–water partition coefficient (Wildman–Crippen LogP) is 1.79. The molecule has 8 N–H and O–H groups in total. The number of carbonyl (C=O) groups is 1. The summed E-state index contributed by atoms with van der Waals surface area (Å²) >= 11 is 9.82. The lowest BCUT2D eigenvalue weighted by atomic mass is 10.3. The number of nitrogens with one attached hydrogen (secondary N) is 4. The van der Waals surface area contributed by atoms with Crippen molar-refractivity contribution in [1.29, 1.82) is 0 Å². The first-order chi connectivity index (χ1) is 14.5. The quantitative estimate of drug-likeness (QED) is 0.210. The lowest BCUT2D eigenvalue weighted by molar-refractivity contribution is 0.1000. The summed E-state index contributed by atoms with van der Waals surface area (Å²) in [6.07, 6.45) is 7.68. The van der Waals surface area contributed by atoms with Gasteiger partial charge >= 0.3 is 0 Å². The Morgan fingerprint density at radius 3 is 2.20 bits per heavy atom. The number of aromatic amines is 4. The molecule has 0 radical (unpaired) electrons. The summed E-state index contributed by atoms with van der Waals surface area (Å²) < 4.78 is 0.986. The van der Waals surface area contributed by atoms with E-state index in [1.807, 2.05) is 0 Å². The average molecular weight is 442 g/mol. The third-order valence-corrected chi connectivity index (χ3v) is 4.11. The highest BCUT2D eigenvalue weighted by molar-refractivity contribution is 7.71. The maximum absolute atomic E-state index is 10.4. The molecule has 0 aliphatic heterocycles. The maximum Gasteiger partial charge on any atom is 0.250 e. The minimum atomic E-state index is -0.442. The summed E-state index contributed by atoms with van der Waals surface area (Å²) in [6, 6.07) is 3.29. The topological polar surface area (TPSA) is 197 Å². The van der Waals surface area contributed by atoms with Crippen LogP contribution in [0.2, 0.25) is 0 Å². The first kappa shape index (κ1) is 20.7. The number of nitrogen functional groups attached to an aromatic ring is 1. The molecule has 0 fully saturated rings. The zero-order valence-electron chi connectivity index (χ0n) is 15.2. The predicted molar refractivity (Wildman–Crippen MR) is 115 cm³/mol. The molecular weight excluding hydrogens is 426 g/mol. The van der Waals surface area contributed by atoms with Gasteiger partial charge in [0.1, 0.15) is 11.0 Å². The number of imidazole rings is 2. The standard InChI is InChI=1S/C6H6N2O.C5H5N5S.C5H4N4S/c7-6(9)5-2-1-3-8-4-5;6-5-9-3-2(4(11)10-5)7-1-8-3;10-5-3-4(7-1-6-3)8-2-9-5/h1-4H,(H2,7,9);1H,(H4,6,7,8,9,10,11);1-2H,(H2,6,7,8,9,10). The number of anilines is 1. The van der Waals surface area contributed by atoms with Crippen molar-refractivity contribution in [1.82, 2.24) is 44.9 Å². The lowest BCUT2D eigenvalue weighted by Gasteiger charge is -1.91. The van der Waals surface area contributed by atoms with Gasteiger partial charge in [-0.15, -0.1) is 0 Å². The Morgan fingerprint density at radius 1 is 0.933 bits per heavy atom. The molecular formula is C16H15N11OS2. The molecule has 12 nitrogen and oxygen atoms in total. The van der Waals surface area contributed by atoms with Crippen molar-refractivity contribution < 1.29 is 4.79 Å². The molecule has 0 bridgehead atoms. The van der Waals surface area contributed by atoms with Gasteiger partial charge in [-0.25, -0.2) is 19.9 Å². The second-order valence-corrected chi connectivity index (χ2v) is 6.27. The van der Waals surface area contributed by atoms with Crippen LogP contribution in [-0.2, 0) is 0 Å². The summed E-state index contributed by atoms with van der Waals surface area (Å²) in [5, 5.41) is 0. The number of carbonyl (C=O) groups excluding carboxylic acids is 1. The van der Waals surface area contributed by atoms with E-state index in [4.69, 9.17) is 35.9 Å². The van der Waals surface area contributed by atoms with Crippen molar-refractivity contribution >= 4 is 58.6 Å². The zero-order chi connectivity index (χ0) is 21.5. The lowest BCUT2D eigenvalue weighted by Crippen LogP contribution is -2.10. The normalized spacial score (nSPS) is 10.0. The molecule has 5 aromatic rings. The van der Waals surface area contributed by atoms with Crippen LogP contribution in [0.1, 0.15) is 10.4 Å². The molecule has 0 aliphatic carbocycles. The third-order valence-electron chi connectivity index (χ3n) is 3.50. The highest BCUT2D eigenvalue weighted by Crippen LogP contribution is 2.07. The Morgan fingerprint density at radius 2 is 1.60 bits per heavy atom. The van der Waals surface area contributed by atoms with Crippen LogP contribution in [0, 0.1) is 9.28 Å². The summed E-state index contributed by atoms with van der Waals surface area (Å²) in [6.45, 7) is 0. The third kappa shape index (κ3) is 5.06. The van der Waals surface area contributed by atoms with Crippen LogP contribution >= 0.6 is 24.4 Å². The Bertz CT molecular complexity index is 1390. The molecule has 1 amide bonds. The van der Waals surface area contributed by atoms with E-state index in [2.05, 4.69) is 44.9 Å². The van der Waals surface area contributed by atoms with Crippen LogP contribution in [0.25, 0.3) is 22.3 Å². The molecule has 0 saturated carbocycles. The number of nitrogens with two attached hydrogens (primary N) is 2. The van der Waals surface area contributed by atoms with E-state index in [9.17, 15) is 4.79 Å². The molecule has 5 aromatic heterocycles.